The fourth-order valence-electron chi connectivity index (χ4n) is 6.06. The first-order valence-electron chi connectivity index (χ1n) is 12.8. The number of amides is 1. The van der Waals surface area contributed by atoms with Crippen molar-refractivity contribution in [2.24, 2.45) is 32.5 Å². The molecule has 0 aromatic heterocycles. The van der Waals surface area contributed by atoms with Gasteiger partial charge in [0.05, 0.1) is 0 Å². The predicted octanol–water partition coefficient (Wildman–Crippen LogP) is 8.98. The Labute approximate surface area is 197 Å². The van der Waals surface area contributed by atoms with Gasteiger partial charge in [-0.2, -0.15) is 0 Å². The minimum atomic E-state index is -0.356. The van der Waals surface area contributed by atoms with Crippen LogP contribution in [-0.4, -0.2) is 23.9 Å². The molecule has 0 N–H and O–H groups in total. The fraction of sp³-hybridized carbons (Fsp3) is 0.966. The molecule has 2 heteroatoms. The van der Waals surface area contributed by atoms with Crippen molar-refractivity contribution in [3.05, 3.63) is 0 Å². The van der Waals surface area contributed by atoms with Gasteiger partial charge in [-0.3, -0.25) is 4.79 Å². The Balaban J connectivity index is 6.05. The average Bonchev–Trinajstić information content (AvgIpc) is 2.48. The molecule has 0 heterocycles. The second-order valence-electron chi connectivity index (χ2n) is 15.5. The Bertz CT molecular complexity index is 571. The number of nitrogens with zero attached hydrogens (tertiary/aromatic N) is 1. The van der Waals surface area contributed by atoms with Crippen molar-refractivity contribution in [1.29, 1.82) is 0 Å². The van der Waals surface area contributed by atoms with Gasteiger partial charge in [0.1, 0.15) is 0 Å². The average molecular weight is 438 g/mol. The van der Waals surface area contributed by atoms with Crippen LogP contribution < -0.4 is 0 Å². The van der Waals surface area contributed by atoms with E-state index in [1.165, 1.54) is 0 Å². The topological polar surface area (TPSA) is 20.3 Å². The van der Waals surface area contributed by atoms with Crippen LogP contribution in [0.3, 0.4) is 0 Å². The molecule has 31 heavy (non-hydrogen) atoms. The van der Waals surface area contributed by atoms with Crippen molar-refractivity contribution >= 4 is 5.91 Å². The van der Waals surface area contributed by atoms with Gasteiger partial charge in [-0.25, -0.2) is 0 Å². The lowest BCUT2D eigenvalue weighted by Crippen LogP contribution is -2.51. The van der Waals surface area contributed by atoms with E-state index < -0.39 is 0 Å². The Hall–Kier alpha value is -0.530. The third-order valence-corrected chi connectivity index (χ3v) is 6.75. The van der Waals surface area contributed by atoms with Gasteiger partial charge in [-0.1, -0.05) is 110 Å². The molecule has 0 spiro atoms. The summed E-state index contributed by atoms with van der Waals surface area (Å²) >= 11 is 0. The van der Waals surface area contributed by atoms with E-state index >= 15 is 0 Å². The minimum absolute atomic E-state index is 0.0867. The van der Waals surface area contributed by atoms with Crippen LogP contribution in [0.5, 0.6) is 0 Å². The van der Waals surface area contributed by atoms with Gasteiger partial charge < -0.3 is 4.90 Å². The van der Waals surface area contributed by atoms with Crippen molar-refractivity contribution in [3.63, 3.8) is 0 Å². The highest BCUT2D eigenvalue weighted by Gasteiger charge is 2.41. The van der Waals surface area contributed by atoms with Crippen molar-refractivity contribution in [1.82, 2.24) is 4.90 Å². The highest BCUT2D eigenvalue weighted by Crippen LogP contribution is 2.42. The number of rotatable bonds is 11. The van der Waals surface area contributed by atoms with E-state index in [4.69, 9.17) is 0 Å². The van der Waals surface area contributed by atoms with E-state index in [1.54, 1.807) is 0 Å². The molecule has 186 valence electrons. The molecule has 0 aromatic carbocycles. The first-order chi connectivity index (χ1) is 13.5. The summed E-state index contributed by atoms with van der Waals surface area (Å²) in [6.07, 6.45) is 5.41. The van der Waals surface area contributed by atoms with E-state index in [0.717, 1.165) is 45.2 Å². The highest BCUT2D eigenvalue weighted by molar-refractivity contribution is 5.82. The summed E-state index contributed by atoms with van der Waals surface area (Å²) in [5, 5.41) is 0. The molecule has 1 amide bonds. The van der Waals surface area contributed by atoms with Gasteiger partial charge >= 0.3 is 0 Å². The molecule has 1 atom stereocenters. The van der Waals surface area contributed by atoms with Crippen molar-refractivity contribution < 1.29 is 4.79 Å². The summed E-state index contributed by atoms with van der Waals surface area (Å²) in [7, 11) is 0. The molecule has 1 unspecified atom stereocenters. The molecule has 0 aromatic rings. The molecule has 0 aliphatic rings. The Morgan fingerprint density at radius 3 is 1.39 bits per heavy atom. The van der Waals surface area contributed by atoms with E-state index in [9.17, 15) is 4.79 Å². The first kappa shape index (κ1) is 30.5. The fourth-order valence-corrected chi connectivity index (χ4v) is 6.06. The van der Waals surface area contributed by atoms with Crippen LogP contribution in [0.15, 0.2) is 0 Å². The SMILES string of the molecule is CCC(C)(C)CC(C)(C)CN(CC(C)(CC)CC(C)(C)C)C(=O)C(C)(C)CC(C)(C)C. The van der Waals surface area contributed by atoms with Crippen LogP contribution in [0.2, 0.25) is 0 Å². The van der Waals surface area contributed by atoms with Gasteiger partial charge in [0.2, 0.25) is 5.91 Å². The van der Waals surface area contributed by atoms with Crippen LogP contribution in [0.25, 0.3) is 0 Å². The quantitative estimate of drug-likeness (QED) is 0.316. The minimum Gasteiger partial charge on any atom is -0.341 e. The third-order valence-electron chi connectivity index (χ3n) is 6.75. The van der Waals surface area contributed by atoms with Gasteiger partial charge in [0, 0.05) is 18.5 Å². The van der Waals surface area contributed by atoms with Gasteiger partial charge in [-0.15, -0.1) is 0 Å². The zero-order chi connectivity index (χ0) is 25.1. The standard InChI is InChI=1S/C29H59NO/c1-16-26(9,10)20-27(11,12)21-30(22-29(15,17-2)19-25(6,7)8)23(31)28(13,14)18-24(3,4)5/h16-22H2,1-15H3. The van der Waals surface area contributed by atoms with Crippen molar-refractivity contribution in [2.75, 3.05) is 13.1 Å². The molecule has 0 saturated carbocycles. The Kier molecular flexibility index (Phi) is 9.99. The van der Waals surface area contributed by atoms with E-state index in [2.05, 4.69) is 109 Å². The van der Waals surface area contributed by atoms with Crippen LogP contribution in [0.4, 0.5) is 0 Å². The number of carbonyl (C=O) groups is 1. The lowest BCUT2D eigenvalue weighted by atomic mass is 9.70. The van der Waals surface area contributed by atoms with Crippen LogP contribution >= 0.6 is 0 Å². The van der Waals surface area contributed by atoms with Gasteiger partial charge in [-0.05, 0) is 52.8 Å². The Morgan fingerprint density at radius 2 is 1.03 bits per heavy atom. The summed E-state index contributed by atoms with van der Waals surface area (Å²) in [5.74, 6) is 0.332. The monoisotopic (exact) mass is 437 g/mol. The van der Waals surface area contributed by atoms with Crippen LogP contribution in [-0.2, 0) is 4.79 Å². The third kappa shape index (κ3) is 11.8. The summed E-state index contributed by atoms with van der Waals surface area (Å²) in [4.78, 5) is 16.3. The van der Waals surface area contributed by atoms with Crippen LogP contribution in [0.1, 0.15) is 136 Å². The summed E-state index contributed by atoms with van der Waals surface area (Å²) in [6.45, 7) is 36.1. The second-order valence-corrected chi connectivity index (χ2v) is 15.5. The van der Waals surface area contributed by atoms with Gasteiger partial charge in [0.25, 0.3) is 0 Å². The second kappa shape index (κ2) is 10.2. The molecule has 0 rings (SSSR count). The number of hydrogen-bond donors (Lipinski definition) is 0. The summed E-state index contributed by atoms with van der Waals surface area (Å²) in [5.41, 5.74) is 0.527. The molecule has 0 aliphatic heterocycles. The first-order valence-corrected chi connectivity index (χ1v) is 12.8. The van der Waals surface area contributed by atoms with E-state index in [0.29, 0.717) is 11.3 Å². The molecule has 0 aliphatic carbocycles. The smallest absolute Gasteiger partial charge is 0.228 e. The van der Waals surface area contributed by atoms with Crippen molar-refractivity contribution in [3.8, 4) is 0 Å². The van der Waals surface area contributed by atoms with Gasteiger partial charge in [0.15, 0.2) is 0 Å². The maximum atomic E-state index is 14.0. The zero-order valence-electron chi connectivity index (χ0n) is 24.3. The molecule has 0 radical (unpaired) electrons. The maximum Gasteiger partial charge on any atom is 0.228 e. The normalized spacial score (nSPS) is 16.2. The van der Waals surface area contributed by atoms with E-state index in [-0.39, 0.29) is 27.1 Å². The van der Waals surface area contributed by atoms with E-state index in [1.807, 2.05) is 0 Å². The highest BCUT2D eigenvalue weighted by atomic mass is 16.2. The van der Waals surface area contributed by atoms with Crippen molar-refractivity contribution in [2.45, 2.75) is 136 Å². The number of carbonyl (C=O) groups excluding carboxylic acids is 1. The predicted molar refractivity (Wildman–Crippen MR) is 139 cm³/mol. The summed E-state index contributed by atoms with van der Waals surface area (Å²) < 4.78 is 0. The molecule has 0 bridgehead atoms. The molecular formula is C29H59NO. The zero-order valence-corrected chi connectivity index (χ0v) is 24.3. The maximum absolute atomic E-state index is 14.0. The Morgan fingerprint density at radius 1 is 0.581 bits per heavy atom. The summed E-state index contributed by atoms with van der Waals surface area (Å²) in [6, 6.07) is 0. The number of hydrogen-bond acceptors (Lipinski definition) is 1. The molecule has 0 fully saturated rings. The lowest BCUT2D eigenvalue weighted by molar-refractivity contribution is -0.146. The molecule has 0 saturated heterocycles. The molecular weight excluding hydrogens is 378 g/mol. The van der Waals surface area contributed by atoms with Crippen LogP contribution in [0, 0.1) is 32.5 Å². The molecule has 2 nitrogen and oxygen atoms in total. The lowest BCUT2D eigenvalue weighted by Gasteiger charge is -2.46. The largest absolute Gasteiger partial charge is 0.341 e.